The van der Waals surface area contributed by atoms with Crippen molar-refractivity contribution in [3.8, 4) is 0 Å². The van der Waals surface area contributed by atoms with Crippen LogP contribution in [0.3, 0.4) is 0 Å². The van der Waals surface area contributed by atoms with E-state index in [1.54, 1.807) is 35.2 Å². The predicted octanol–water partition coefficient (Wildman–Crippen LogP) is 6.05. The summed E-state index contributed by atoms with van der Waals surface area (Å²) in [5.74, 6) is -0.755. The zero-order chi connectivity index (χ0) is 31.7. The average Bonchev–Trinajstić information content (AvgIpc) is 3.03. The summed E-state index contributed by atoms with van der Waals surface area (Å²) < 4.78 is 29.4. The molecule has 0 saturated carbocycles. The zero-order valence-electron chi connectivity index (χ0n) is 25.8. The van der Waals surface area contributed by atoms with Gasteiger partial charge in [0.2, 0.25) is 11.8 Å². The molecule has 0 aliphatic carbocycles. The Morgan fingerprint density at radius 2 is 1.34 bits per heavy atom. The summed E-state index contributed by atoms with van der Waals surface area (Å²) in [5, 5.41) is 3.07. The largest absolute Gasteiger partial charge is 0.352 e. The van der Waals surface area contributed by atoms with Gasteiger partial charge in [0.1, 0.15) is 12.6 Å². The predicted molar refractivity (Wildman–Crippen MR) is 176 cm³/mol. The average molecular weight is 612 g/mol. The summed E-state index contributed by atoms with van der Waals surface area (Å²) in [6, 6.07) is 31.5. The van der Waals surface area contributed by atoms with Crippen molar-refractivity contribution >= 4 is 27.5 Å². The molecule has 0 bridgehead atoms. The van der Waals surface area contributed by atoms with Gasteiger partial charge in [-0.25, -0.2) is 8.42 Å². The Labute approximate surface area is 261 Å². The summed E-state index contributed by atoms with van der Waals surface area (Å²) in [6.45, 7) is 7.36. The number of nitrogens with zero attached hydrogens (tertiary/aromatic N) is 2. The Morgan fingerprint density at radius 3 is 1.95 bits per heavy atom. The molecule has 44 heavy (non-hydrogen) atoms. The first-order valence-electron chi connectivity index (χ1n) is 14.9. The quantitative estimate of drug-likeness (QED) is 0.199. The second-order valence-corrected chi connectivity index (χ2v) is 12.9. The lowest BCUT2D eigenvalue weighted by atomic mass is 10.0. The second kappa shape index (κ2) is 14.8. The van der Waals surface area contributed by atoms with Crippen molar-refractivity contribution in [2.24, 2.45) is 0 Å². The third-order valence-electron chi connectivity index (χ3n) is 7.87. The number of carbonyl (C=O) groups is 2. The maximum Gasteiger partial charge on any atom is 0.264 e. The highest BCUT2D eigenvalue weighted by Gasteiger charge is 2.35. The van der Waals surface area contributed by atoms with E-state index in [0.717, 1.165) is 27.4 Å². The Kier molecular flexibility index (Phi) is 11.0. The fourth-order valence-electron chi connectivity index (χ4n) is 5.04. The van der Waals surface area contributed by atoms with E-state index in [1.165, 1.54) is 12.1 Å². The van der Waals surface area contributed by atoms with Gasteiger partial charge in [0.25, 0.3) is 10.0 Å². The van der Waals surface area contributed by atoms with Gasteiger partial charge in [-0.1, -0.05) is 97.9 Å². The number of rotatable bonds is 13. The Balaban J connectivity index is 1.82. The number of aryl methyl sites for hydroxylation is 2. The van der Waals surface area contributed by atoms with E-state index < -0.39 is 28.5 Å². The van der Waals surface area contributed by atoms with Crippen molar-refractivity contribution in [1.29, 1.82) is 0 Å². The number of benzene rings is 4. The lowest BCUT2D eigenvalue weighted by molar-refractivity contribution is -0.140. The van der Waals surface area contributed by atoms with E-state index in [2.05, 4.69) is 5.32 Å². The highest BCUT2D eigenvalue weighted by Crippen LogP contribution is 2.28. The van der Waals surface area contributed by atoms with E-state index in [9.17, 15) is 18.0 Å². The third kappa shape index (κ3) is 7.94. The minimum Gasteiger partial charge on any atom is -0.352 e. The molecule has 0 spiro atoms. The standard InChI is InChI=1S/C36H41N3O4S/c1-5-29(4)37-36(41)34(24-30-18-8-6-9-19-30)38(25-31-20-14-12-16-27(31)2)35(40)26-39(33-23-15-13-17-28(33)3)44(42,43)32-21-10-7-11-22-32/h6-23,29,34H,5,24-26H2,1-4H3,(H,37,41)/t29-,34+/m1/s1. The van der Waals surface area contributed by atoms with Gasteiger partial charge in [0.05, 0.1) is 10.6 Å². The van der Waals surface area contributed by atoms with Crippen LogP contribution in [-0.4, -0.2) is 43.8 Å². The number of hydrogen-bond donors (Lipinski definition) is 1. The van der Waals surface area contributed by atoms with E-state index in [1.807, 2.05) is 94.4 Å². The molecule has 230 valence electrons. The molecule has 7 nitrogen and oxygen atoms in total. The molecule has 4 aromatic rings. The number of amides is 2. The van der Waals surface area contributed by atoms with Gasteiger partial charge in [0.15, 0.2) is 0 Å². The molecule has 0 saturated heterocycles. The van der Waals surface area contributed by atoms with Gasteiger partial charge in [0, 0.05) is 19.0 Å². The first-order chi connectivity index (χ1) is 21.1. The summed E-state index contributed by atoms with van der Waals surface area (Å²) in [4.78, 5) is 30.1. The SMILES string of the molecule is CC[C@@H](C)NC(=O)[C@H](Cc1ccccc1)N(Cc1ccccc1C)C(=O)CN(c1ccccc1C)S(=O)(=O)c1ccccc1. The van der Waals surface area contributed by atoms with Gasteiger partial charge in [-0.05, 0) is 67.6 Å². The minimum absolute atomic E-state index is 0.0804. The van der Waals surface area contributed by atoms with Crippen LogP contribution >= 0.6 is 0 Å². The van der Waals surface area contributed by atoms with Crippen LogP contribution in [0.2, 0.25) is 0 Å². The molecule has 0 aromatic heterocycles. The van der Waals surface area contributed by atoms with E-state index >= 15 is 0 Å². The molecule has 8 heteroatoms. The number of hydrogen-bond acceptors (Lipinski definition) is 4. The third-order valence-corrected chi connectivity index (χ3v) is 9.64. The minimum atomic E-state index is -4.13. The van der Waals surface area contributed by atoms with Crippen molar-refractivity contribution in [2.45, 2.75) is 64.1 Å². The molecular weight excluding hydrogens is 570 g/mol. The van der Waals surface area contributed by atoms with Crippen LogP contribution in [0, 0.1) is 13.8 Å². The number of sulfonamides is 1. The molecule has 0 fully saturated rings. The zero-order valence-corrected chi connectivity index (χ0v) is 26.6. The van der Waals surface area contributed by atoms with Crippen LogP contribution in [-0.2, 0) is 32.6 Å². The first kappa shape index (κ1) is 32.5. The summed E-state index contributed by atoms with van der Waals surface area (Å²) in [6.07, 6.45) is 1.00. The Bertz CT molecular complexity index is 1660. The van der Waals surface area contributed by atoms with Gasteiger partial charge in [-0.15, -0.1) is 0 Å². The van der Waals surface area contributed by atoms with Crippen LogP contribution in [0.15, 0.2) is 114 Å². The fourth-order valence-corrected chi connectivity index (χ4v) is 6.54. The molecule has 0 aliphatic rings. The van der Waals surface area contributed by atoms with E-state index in [0.29, 0.717) is 11.3 Å². The van der Waals surface area contributed by atoms with Crippen molar-refractivity contribution in [3.05, 3.63) is 131 Å². The second-order valence-electron chi connectivity index (χ2n) is 11.1. The molecule has 1 N–H and O–H groups in total. The molecule has 2 amide bonds. The van der Waals surface area contributed by atoms with Crippen LogP contribution in [0.4, 0.5) is 5.69 Å². The molecule has 0 heterocycles. The number of anilines is 1. The maximum absolute atomic E-state index is 14.6. The first-order valence-corrected chi connectivity index (χ1v) is 16.4. The maximum atomic E-state index is 14.6. The monoisotopic (exact) mass is 611 g/mol. The highest BCUT2D eigenvalue weighted by molar-refractivity contribution is 7.92. The van der Waals surface area contributed by atoms with Crippen LogP contribution in [0.5, 0.6) is 0 Å². The van der Waals surface area contributed by atoms with Crippen molar-refractivity contribution in [1.82, 2.24) is 10.2 Å². The summed E-state index contributed by atoms with van der Waals surface area (Å²) in [7, 11) is -4.13. The summed E-state index contributed by atoms with van der Waals surface area (Å²) >= 11 is 0. The number of carbonyl (C=O) groups excluding carboxylic acids is 2. The Hall–Kier alpha value is -4.43. The van der Waals surface area contributed by atoms with Gasteiger partial charge in [-0.3, -0.25) is 13.9 Å². The van der Waals surface area contributed by atoms with Crippen LogP contribution < -0.4 is 9.62 Å². The lowest BCUT2D eigenvalue weighted by Crippen LogP contribution is -2.54. The van der Waals surface area contributed by atoms with Crippen molar-refractivity contribution in [3.63, 3.8) is 0 Å². The molecule has 4 aromatic carbocycles. The summed E-state index contributed by atoms with van der Waals surface area (Å²) in [5.41, 5.74) is 3.86. The molecule has 4 rings (SSSR count). The van der Waals surface area contributed by atoms with Crippen molar-refractivity contribution < 1.29 is 18.0 Å². The molecular formula is C36H41N3O4S. The van der Waals surface area contributed by atoms with Gasteiger partial charge < -0.3 is 10.2 Å². The lowest BCUT2D eigenvalue weighted by Gasteiger charge is -2.35. The fraction of sp³-hybridized carbons (Fsp3) is 0.278. The van der Waals surface area contributed by atoms with Crippen LogP contribution in [0.1, 0.15) is 42.5 Å². The number of para-hydroxylation sites is 1. The van der Waals surface area contributed by atoms with Crippen LogP contribution in [0.25, 0.3) is 0 Å². The molecule has 2 atom stereocenters. The molecule has 0 aliphatic heterocycles. The smallest absolute Gasteiger partial charge is 0.264 e. The van der Waals surface area contributed by atoms with E-state index in [4.69, 9.17) is 0 Å². The normalized spacial score (nSPS) is 12.6. The van der Waals surface area contributed by atoms with Gasteiger partial charge in [-0.2, -0.15) is 0 Å². The molecule has 0 radical (unpaired) electrons. The highest BCUT2D eigenvalue weighted by atomic mass is 32.2. The Morgan fingerprint density at radius 1 is 0.773 bits per heavy atom. The molecule has 0 unspecified atom stereocenters. The van der Waals surface area contributed by atoms with Crippen molar-refractivity contribution in [2.75, 3.05) is 10.8 Å². The van der Waals surface area contributed by atoms with E-state index in [-0.39, 0.29) is 29.8 Å². The number of nitrogens with one attached hydrogen (secondary N) is 1. The topological polar surface area (TPSA) is 86.8 Å². The van der Waals surface area contributed by atoms with Gasteiger partial charge >= 0.3 is 0 Å².